The zero-order valence-corrected chi connectivity index (χ0v) is 15.9. The van der Waals surface area contributed by atoms with Crippen LogP contribution in [0.4, 0.5) is 8.78 Å². The van der Waals surface area contributed by atoms with E-state index in [1.54, 1.807) is 30.3 Å². The molecule has 1 heterocycles. The summed E-state index contributed by atoms with van der Waals surface area (Å²) in [5.74, 6) is 2.57. The lowest BCUT2D eigenvalue weighted by Crippen LogP contribution is -2.55. The fourth-order valence-electron chi connectivity index (χ4n) is 3.47. The van der Waals surface area contributed by atoms with E-state index in [-0.39, 0.29) is 5.75 Å². The Morgan fingerprint density at radius 2 is 1.70 bits per heavy atom. The molecule has 1 saturated heterocycles. The molecular weight excluding hydrogens is 398 g/mol. The predicted molar refractivity (Wildman–Crippen MR) is 103 cm³/mol. The lowest BCUT2D eigenvalue weighted by molar-refractivity contribution is -0.231. The number of rotatable bonds is 6. The molecule has 2 aromatic carbocycles. The Hall–Kier alpha value is -2.54. The van der Waals surface area contributed by atoms with E-state index in [0.29, 0.717) is 17.5 Å². The van der Waals surface area contributed by atoms with Gasteiger partial charge < -0.3 is 29.9 Å². The Labute approximate surface area is 172 Å². The lowest BCUT2D eigenvalue weighted by atomic mass is 9.89. The normalized spacial score (nSPS) is 26.4. The van der Waals surface area contributed by atoms with E-state index in [0.717, 1.165) is 11.1 Å². The molecule has 30 heavy (non-hydrogen) atoms. The number of halogens is 2. The first-order valence-electron chi connectivity index (χ1n) is 9.27. The smallest absolute Gasteiger partial charge is 0.387 e. The van der Waals surface area contributed by atoms with Crippen LogP contribution in [0, 0.1) is 12.3 Å². The summed E-state index contributed by atoms with van der Waals surface area (Å²) in [5, 5.41) is 39.8. The zero-order chi connectivity index (χ0) is 21.8. The summed E-state index contributed by atoms with van der Waals surface area (Å²) in [6.07, 6.45) is -0.457. The highest BCUT2D eigenvalue weighted by Gasteiger charge is 2.44. The number of benzene rings is 2. The second kappa shape index (κ2) is 9.51. The van der Waals surface area contributed by atoms with E-state index in [4.69, 9.17) is 11.2 Å². The fraction of sp³-hybridized carbons (Fsp3) is 0.364. The number of hydrogen-bond donors (Lipinski definition) is 4. The van der Waals surface area contributed by atoms with Crippen LogP contribution in [0.5, 0.6) is 5.75 Å². The number of aliphatic hydroxyl groups is 4. The van der Waals surface area contributed by atoms with E-state index < -0.39 is 43.7 Å². The van der Waals surface area contributed by atoms with Crippen LogP contribution in [-0.2, 0) is 11.2 Å². The second-order valence-electron chi connectivity index (χ2n) is 7.06. The van der Waals surface area contributed by atoms with Gasteiger partial charge in [0.25, 0.3) is 0 Å². The van der Waals surface area contributed by atoms with Crippen molar-refractivity contribution in [1.82, 2.24) is 0 Å². The van der Waals surface area contributed by atoms with Gasteiger partial charge in [0.1, 0.15) is 36.3 Å². The molecule has 0 radical (unpaired) electrons. The van der Waals surface area contributed by atoms with Gasteiger partial charge in [-0.15, -0.1) is 6.42 Å². The van der Waals surface area contributed by atoms with Crippen molar-refractivity contribution in [3.63, 3.8) is 0 Å². The Morgan fingerprint density at radius 1 is 1.00 bits per heavy atom. The molecule has 0 saturated carbocycles. The maximum atomic E-state index is 12.3. The van der Waals surface area contributed by atoms with Crippen molar-refractivity contribution in [3.8, 4) is 18.1 Å². The zero-order valence-electron chi connectivity index (χ0n) is 15.9. The minimum atomic E-state index is -2.90. The molecule has 0 spiro atoms. The first-order chi connectivity index (χ1) is 14.3. The van der Waals surface area contributed by atoms with Gasteiger partial charge in [0.15, 0.2) is 0 Å². The quantitative estimate of drug-likeness (QED) is 0.527. The summed E-state index contributed by atoms with van der Waals surface area (Å²) in [6, 6.07) is 11.3. The average molecular weight is 420 g/mol. The lowest BCUT2D eigenvalue weighted by Gasteiger charge is -2.40. The number of hydrogen-bond acceptors (Lipinski definition) is 6. The molecule has 3 rings (SSSR count). The molecule has 2 aromatic rings. The minimum Gasteiger partial charge on any atom is -0.435 e. The number of ether oxygens (including phenoxy) is 2. The molecule has 0 aromatic heterocycles. The van der Waals surface area contributed by atoms with Crippen molar-refractivity contribution in [2.75, 3.05) is 6.61 Å². The van der Waals surface area contributed by atoms with Crippen LogP contribution in [0.1, 0.15) is 28.4 Å². The third-order valence-electron chi connectivity index (χ3n) is 4.96. The molecule has 8 heteroatoms. The van der Waals surface area contributed by atoms with Crippen molar-refractivity contribution in [3.05, 3.63) is 64.7 Å². The Bertz CT molecular complexity index is 893. The highest BCUT2D eigenvalue weighted by atomic mass is 19.3. The van der Waals surface area contributed by atoms with E-state index in [2.05, 4.69) is 10.7 Å². The van der Waals surface area contributed by atoms with Gasteiger partial charge >= 0.3 is 6.61 Å². The highest BCUT2D eigenvalue weighted by molar-refractivity contribution is 5.43. The molecule has 1 unspecified atom stereocenters. The number of alkyl halides is 2. The largest absolute Gasteiger partial charge is 0.435 e. The van der Waals surface area contributed by atoms with Crippen molar-refractivity contribution in [2.24, 2.45) is 0 Å². The van der Waals surface area contributed by atoms with Crippen LogP contribution in [0.25, 0.3) is 0 Å². The van der Waals surface area contributed by atoms with Crippen molar-refractivity contribution < 1.29 is 38.7 Å². The Balaban J connectivity index is 1.86. The molecule has 1 aliphatic rings. The fourth-order valence-corrected chi connectivity index (χ4v) is 3.47. The molecule has 0 bridgehead atoms. The first kappa shape index (κ1) is 22.2. The van der Waals surface area contributed by atoms with E-state index in [1.807, 2.05) is 0 Å². The van der Waals surface area contributed by atoms with Crippen LogP contribution in [-0.4, -0.2) is 58.1 Å². The Morgan fingerprint density at radius 3 is 2.30 bits per heavy atom. The summed E-state index contributed by atoms with van der Waals surface area (Å²) in [4.78, 5) is 0. The SMILES string of the molecule is C#Cc1cc(Cc2ccc(OC(F)F)cc2)cc([C@@H]2O[C@H](CO)[C@@H](O)C(O)[C@H]2O)c1. The molecule has 1 fully saturated rings. The molecule has 1 aliphatic heterocycles. The standard InChI is InChI=1S/C22H22F2O6/c1-2-12-7-14(8-13-3-5-16(6-4-13)29-22(23)24)10-15(9-12)21-20(28)19(27)18(26)17(11-25)30-21/h1,3-7,9-10,17-22,25-28H,8,11H2/t17-,18-,19?,20-,21+/m1/s1. The molecule has 6 nitrogen and oxygen atoms in total. The summed E-state index contributed by atoms with van der Waals surface area (Å²) in [6.45, 7) is -3.43. The average Bonchev–Trinajstić information content (AvgIpc) is 2.73. The van der Waals surface area contributed by atoms with Crippen LogP contribution >= 0.6 is 0 Å². The molecular formula is C22H22F2O6. The molecule has 0 aliphatic carbocycles. The maximum absolute atomic E-state index is 12.3. The Kier molecular flexibility index (Phi) is 7.02. The highest BCUT2D eigenvalue weighted by Crippen LogP contribution is 2.33. The van der Waals surface area contributed by atoms with Gasteiger partial charge in [-0.2, -0.15) is 8.78 Å². The van der Waals surface area contributed by atoms with E-state index >= 15 is 0 Å². The van der Waals surface area contributed by atoms with Crippen molar-refractivity contribution in [1.29, 1.82) is 0 Å². The third-order valence-corrected chi connectivity index (χ3v) is 4.96. The van der Waals surface area contributed by atoms with Crippen LogP contribution in [0.15, 0.2) is 42.5 Å². The molecule has 5 atom stereocenters. The second-order valence-corrected chi connectivity index (χ2v) is 7.06. The van der Waals surface area contributed by atoms with Crippen LogP contribution in [0.3, 0.4) is 0 Å². The molecule has 4 N–H and O–H groups in total. The van der Waals surface area contributed by atoms with Crippen molar-refractivity contribution in [2.45, 2.75) is 43.6 Å². The van der Waals surface area contributed by atoms with Crippen molar-refractivity contribution >= 4 is 0 Å². The first-order valence-corrected chi connectivity index (χ1v) is 9.27. The topological polar surface area (TPSA) is 99.4 Å². The summed E-state index contributed by atoms with van der Waals surface area (Å²) < 4.78 is 34.5. The monoisotopic (exact) mass is 420 g/mol. The van der Waals surface area contributed by atoms with Gasteiger partial charge in [0.05, 0.1) is 6.61 Å². The number of aliphatic hydroxyl groups excluding tert-OH is 4. The maximum Gasteiger partial charge on any atom is 0.387 e. The van der Waals surface area contributed by atoms with Gasteiger partial charge in [-0.05, 0) is 47.4 Å². The molecule has 160 valence electrons. The van der Waals surface area contributed by atoms with Crippen LogP contribution < -0.4 is 4.74 Å². The van der Waals surface area contributed by atoms with Crippen LogP contribution in [0.2, 0.25) is 0 Å². The van der Waals surface area contributed by atoms with Gasteiger partial charge in [-0.25, -0.2) is 0 Å². The molecule has 0 amide bonds. The van der Waals surface area contributed by atoms with E-state index in [9.17, 15) is 29.2 Å². The van der Waals surface area contributed by atoms with Gasteiger partial charge in [-0.3, -0.25) is 0 Å². The summed E-state index contributed by atoms with van der Waals surface area (Å²) in [5.41, 5.74) is 2.57. The van der Waals surface area contributed by atoms with Gasteiger partial charge in [0.2, 0.25) is 0 Å². The minimum absolute atomic E-state index is 0.0492. The number of terminal acetylenes is 1. The predicted octanol–water partition coefficient (Wildman–Crippen LogP) is 1.37. The summed E-state index contributed by atoms with van der Waals surface area (Å²) in [7, 11) is 0. The van der Waals surface area contributed by atoms with E-state index in [1.165, 1.54) is 12.1 Å². The van der Waals surface area contributed by atoms with Gasteiger partial charge in [-0.1, -0.05) is 24.1 Å². The summed E-state index contributed by atoms with van der Waals surface area (Å²) >= 11 is 0. The third kappa shape index (κ3) is 4.95. The van der Waals surface area contributed by atoms with Gasteiger partial charge in [0, 0.05) is 5.56 Å².